The minimum absolute atomic E-state index is 0.176. The number of ether oxygens (including phenoxy) is 1. The molecule has 0 saturated heterocycles. The second kappa shape index (κ2) is 9.46. The number of anilines is 2. The van der Waals surface area contributed by atoms with Crippen LogP contribution in [-0.2, 0) is 11.3 Å². The van der Waals surface area contributed by atoms with Gasteiger partial charge in [-0.05, 0) is 24.1 Å². The molecule has 0 heterocycles. The average molecular weight is 355 g/mol. The summed E-state index contributed by atoms with van der Waals surface area (Å²) in [6.45, 7) is 4.67. The molecule has 0 aromatic heterocycles. The van der Waals surface area contributed by atoms with Crippen LogP contribution in [0.2, 0.25) is 0 Å². The van der Waals surface area contributed by atoms with Gasteiger partial charge in [-0.3, -0.25) is 4.79 Å². The quantitative estimate of drug-likeness (QED) is 0.785. The van der Waals surface area contributed by atoms with Crippen LogP contribution in [0.15, 0.2) is 48.5 Å². The molecule has 2 aromatic carbocycles. The molecule has 2 rings (SSSR count). The van der Waals surface area contributed by atoms with E-state index in [1.807, 2.05) is 37.3 Å². The lowest BCUT2D eigenvalue weighted by Crippen LogP contribution is -2.35. The van der Waals surface area contributed by atoms with Crippen molar-refractivity contribution in [2.45, 2.75) is 26.8 Å². The minimum atomic E-state index is -0.183. The Morgan fingerprint density at radius 1 is 1.08 bits per heavy atom. The highest BCUT2D eigenvalue weighted by Crippen LogP contribution is 2.28. The zero-order valence-corrected chi connectivity index (χ0v) is 15.4. The summed E-state index contributed by atoms with van der Waals surface area (Å²) in [5, 5.41) is 5.59. The Balaban J connectivity index is 2.11. The summed E-state index contributed by atoms with van der Waals surface area (Å²) in [5.74, 6) is 0.306. The summed E-state index contributed by atoms with van der Waals surface area (Å²) in [5.41, 5.74) is 2.25. The number of carbonyl (C=O) groups excluding carboxylic acids is 2. The van der Waals surface area contributed by atoms with Crippen molar-refractivity contribution in [2.24, 2.45) is 0 Å². The number of amides is 3. The molecule has 0 atom stereocenters. The third-order valence-corrected chi connectivity index (χ3v) is 3.76. The predicted molar refractivity (Wildman–Crippen MR) is 103 cm³/mol. The van der Waals surface area contributed by atoms with E-state index in [2.05, 4.69) is 10.6 Å². The van der Waals surface area contributed by atoms with Gasteiger partial charge in [-0.1, -0.05) is 37.3 Å². The molecule has 0 unspecified atom stereocenters. The monoisotopic (exact) mass is 355 g/mol. The lowest BCUT2D eigenvalue weighted by atomic mass is 10.2. The Labute approximate surface area is 154 Å². The van der Waals surface area contributed by atoms with Crippen LogP contribution in [0.25, 0.3) is 0 Å². The molecule has 0 saturated carbocycles. The van der Waals surface area contributed by atoms with Crippen LogP contribution in [0.4, 0.5) is 16.2 Å². The first-order chi connectivity index (χ1) is 12.5. The Morgan fingerprint density at radius 3 is 2.42 bits per heavy atom. The molecule has 0 aliphatic carbocycles. The van der Waals surface area contributed by atoms with Crippen LogP contribution in [0.5, 0.6) is 5.75 Å². The number of nitrogens with zero attached hydrogens (tertiary/aromatic N) is 1. The van der Waals surface area contributed by atoms with E-state index in [0.717, 1.165) is 12.0 Å². The van der Waals surface area contributed by atoms with Gasteiger partial charge in [0, 0.05) is 31.8 Å². The molecule has 0 spiro atoms. The second-order valence-corrected chi connectivity index (χ2v) is 5.93. The lowest BCUT2D eigenvalue weighted by Gasteiger charge is -2.23. The van der Waals surface area contributed by atoms with Crippen LogP contribution < -0.4 is 15.4 Å². The van der Waals surface area contributed by atoms with Crippen molar-refractivity contribution in [3.8, 4) is 5.75 Å². The summed E-state index contributed by atoms with van der Waals surface area (Å²) in [7, 11) is 1.52. The first-order valence-corrected chi connectivity index (χ1v) is 8.59. The fourth-order valence-corrected chi connectivity index (χ4v) is 2.59. The zero-order valence-electron chi connectivity index (χ0n) is 15.4. The Kier molecular flexibility index (Phi) is 7.02. The Bertz CT molecular complexity index is 747. The number of rotatable bonds is 7. The van der Waals surface area contributed by atoms with Crippen LogP contribution in [0, 0.1) is 0 Å². The van der Waals surface area contributed by atoms with E-state index in [1.165, 1.54) is 14.0 Å². The van der Waals surface area contributed by atoms with Gasteiger partial charge in [0.25, 0.3) is 0 Å². The summed E-state index contributed by atoms with van der Waals surface area (Å²) in [6, 6.07) is 14.8. The van der Waals surface area contributed by atoms with Gasteiger partial charge in [-0.25, -0.2) is 4.79 Å². The number of urea groups is 1. The van der Waals surface area contributed by atoms with Crippen molar-refractivity contribution in [2.75, 3.05) is 24.3 Å². The largest absolute Gasteiger partial charge is 0.494 e. The standard InChI is InChI=1S/C20H25N3O3/c1-4-12-23(14-16-8-6-5-7-9-16)20(25)22-17-10-11-18(21-15(2)24)19(13-17)26-3/h5-11,13H,4,12,14H2,1-3H3,(H,21,24)(H,22,25). The van der Waals surface area contributed by atoms with Gasteiger partial charge in [0.05, 0.1) is 12.8 Å². The van der Waals surface area contributed by atoms with Gasteiger partial charge < -0.3 is 20.3 Å². The normalized spacial score (nSPS) is 10.1. The smallest absolute Gasteiger partial charge is 0.322 e. The maximum atomic E-state index is 12.7. The second-order valence-electron chi connectivity index (χ2n) is 5.93. The minimum Gasteiger partial charge on any atom is -0.494 e. The molecule has 0 aliphatic heterocycles. The maximum Gasteiger partial charge on any atom is 0.322 e. The number of methoxy groups -OCH3 is 1. The summed E-state index contributed by atoms with van der Waals surface area (Å²) >= 11 is 0. The van der Waals surface area contributed by atoms with Crippen LogP contribution in [-0.4, -0.2) is 30.5 Å². The zero-order chi connectivity index (χ0) is 18.9. The molecule has 26 heavy (non-hydrogen) atoms. The molecule has 0 radical (unpaired) electrons. The van der Waals surface area contributed by atoms with Gasteiger partial charge >= 0.3 is 6.03 Å². The number of hydrogen-bond donors (Lipinski definition) is 2. The van der Waals surface area contributed by atoms with Crippen LogP contribution in [0.1, 0.15) is 25.8 Å². The van der Waals surface area contributed by atoms with Gasteiger partial charge in [-0.15, -0.1) is 0 Å². The molecule has 0 bridgehead atoms. The molecule has 2 aromatic rings. The third-order valence-electron chi connectivity index (χ3n) is 3.76. The molecule has 2 N–H and O–H groups in total. The molecule has 138 valence electrons. The maximum absolute atomic E-state index is 12.7. The lowest BCUT2D eigenvalue weighted by molar-refractivity contribution is -0.114. The first-order valence-electron chi connectivity index (χ1n) is 8.59. The predicted octanol–water partition coefficient (Wildman–Crippen LogP) is 4.10. The van der Waals surface area contributed by atoms with E-state index in [1.54, 1.807) is 23.1 Å². The highest BCUT2D eigenvalue weighted by Gasteiger charge is 2.14. The van der Waals surface area contributed by atoms with Gasteiger partial charge in [-0.2, -0.15) is 0 Å². The first kappa shape index (κ1) is 19.3. The van der Waals surface area contributed by atoms with Gasteiger partial charge in [0.1, 0.15) is 5.75 Å². The van der Waals surface area contributed by atoms with Crippen LogP contribution in [0.3, 0.4) is 0 Å². The number of benzene rings is 2. The van der Waals surface area contributed by atoms with Gasteiger partial charge in [0.15, 0.2) is 0 Å². The van der Waals surface area contributed by atoms with E-state index >= 15 is 0 Å². The highest BCUT2D eigenvalue weighted by molar-refractivity contribution is 5.93. The summed E-state index contributed by atoms with van der Waals surface area (Å²) in [6.07, 6.45) is 0.866. The Morgan fingerprint density at radius 2 is 1.81 bits per heavy atom. The number of nitrogens with one attached hydrogen (secondary N) is 2. The molecule has 0 aliphatic rings. The third kappa shape index (κ3) is 5.51. The number of hydrogen-bond acceptors (Lipinski definition) is 3. The van der Waals surface area contributed by atoms with Crippen molar-refractivity contribution in [3.63, 3.8) is 0 Å². The molecule has 6 nitrogen and oxygen atoms in total. The molecular weight excluding hydrogens is 330 g/mol. The Hall–Kier alpha value is -3.02. The van der Waals surface area contributed by atoms with Crippen molar-refractivity contribution >= 4 is 23.3 Å². The van der Waals surface area contributed by atoms with E-state index in [4.69, 9.17) is 4.74 Å². The van der Waals surface area contributed by atoms with Crippen LogP contribution >= 0.6 is 0 Å². The van der Waals surface area contributed by atoms with E-state index in [9.17, 15) is 9.59 Å². The van der Waals surface area contributed by atoms with Gasteiger partial charge in [0.2, 0.25) is 5.91 Å². The van der Waals surface area contributed by atoms with Crippen molar-refractivity contribution in [1.29, 1.82) is 0 Å². The molecular formula is C20H25N3O3. The molecule has 0 fully saturated rings. The number of carbonyl (C=O) groups is 2. The fraction of sp³-hybridized carbons (Fsp3) is 0.300. The summed E-state index contributed by atoms with van der Waals surface area (Å²) in [4.78, 5) is 25.7. The average Bonchev–Trinajstić information content (AvgIpc) is 2.63. The van der Waals surface area contributed by atoms with E-state index in [0.29, 0.717) is 30.2 Å². The molecule has 6 heteroatoms. The molecule has 3 amide bonds. The SMILES string of the molecule is CCCN(Cc1ccccc1)C(=O)Nc1ccc(NC(C)=O)c(OC)c1. The van der Waals surface area contributed by atoms with E-state index < -0.39 is 0 Å². The van der Waals surface area contributed by atoms with Crippen molar-refractivity contribution < 1.29 is 14.3 Å². The highest BCUT2D eigenvalue weighted by atomic mass is 16.5. The van der Waals surface area contributed by atoms with Crippen molar-refractivity contribution in [1.82, 2.24) is 4.90 Å². The summed E-state index contributed by atoms with van der Waals surface area (Å²) < 4.78 is 5.29. The van der Waals surface area contributed by atoms with Crippen molar-refractivity contribution in [3.05, 3.63) is 54.1 Å². The fourth-order valence-electron chi connectivity index (χ4n) is 2.59. The van der Waals surface area contributed by atoms with E-state index in [-0.39, 0.29) is 11.9 Å². The topological polar surface area (TPSA) is 70.7 Å².